The molecule has 0 amide bonds. The van der Waals surface area contributed by atoms with Crippen LogP contribution in [0.1, 0.15) is 35.8 Å². The van der Waals surface area contributed by atoms with E-state index in [0.29, 0.717) is 0 Å². The molecule has 0 aliphatic heterocycles. The number of fused-ring (bicyclic) bond motifs is 1. The first-order valence-electron chi connectivity index (χ1n) is 6.77. The smallest absolute Gasteiger partial charge is 0.123 e. The number of hydrogen-bond donors (Lipinski definition) is 1. The SMILES string of the molecule is COc1ccccc1Cn1ccc2c1CCCC2O. The van der Waals surface area contributed by atoms with Gasteiger partial charge >= 0.3 is 0 Å². The number of ether oxygens (including phenoxy) is 1. The number of rotatable bonds is 3. The van der Waals surface area contributed by atoms with Crippen molar-refractivity contribution in [2.45, 2.75) is 31.9 Å². The topological polar surface area (TPSA) is 34.4 Å². The maximum absolute atomic E-state index is 10.0. The molecular formula is C16H19NO2. The fourth-order valence-corrected chi connectivity index (χ4v) is 2.90. The van der Waals surface area contributed by atoms with E-state index in [-0.39, 0.29) is 6.10 Å². The van der Waals surface area contributed by atoms with Crippen LogP contribution in [0.4, 0.5) is 0 Å². The van der Waals surface area contributed by atoms with Crippen LogP contribution in [-0.2, 0) is 13.0 Å². The molecule has 2 aromatic rings. The molecule has 1 N–H and O–H groups in total. The normalized spacial score (nSPS) is 18.1. The largest absolute Gasteiger partial charge is 0.496 e. The van der Waals surface area contributed by atoms with Gasteiger partial charge in [0.25, 0.3) is 0 Å². The van der Waals surface area contributed by atoms with Gasteiger partial charge in [-0.15, -0.1) is 0 Å². The van der Waals surface area contributed by atoms with Crippen molar-refractivity contribution < 1.29 is 9.84 Å². The Morgan fingerprint density at radius 3 is 3.00 bits per heavy atom. The zero-order valence-corrected chi connectivity index (χ0v) is 11.2. The molecule has 1 aliphatic carbocycles. The predicted octanol–water partition coefficient (Wildman–Crippen LogP) is 2.91. The quantitative estimate of drug-likeness (QED) is 0.917. The molecule has 1 aromatic heterocycles. The summed E-state index contributed by atoms with van der Waals surface area (Å²) in [6.45, 7) is 0.798. The van der Waals surface area contributed by atoms with E-state index in [1.807, 2.05) is 18.2 Å². The van der Waals surface area contributed by atoms with Crippen LogP contribution >= 0.6 is 0 Å². The van der Waals surface area contributed by atoms with Gasteiger partial charge in [-0.1, -0.05) is 18.2 Å². The molecule has 0 spiro atoms. The highest BCUT2D eigenvalue weighted by Crippen LogP contribution is 2.31. The Balaban J connectivity index is 1.92. The number of aliphatic hydroxyl groups excluding tert-OH is 1. The Bertz CT molecular complexity index is 574. The fourth-order valence-electron chi connectivity index (χ4n) is 2.90. The third-order valence-corrected chi connectivity index (χ3v) is 3.90. The molecule has 0 radical (unpaired) electrons. The fraction of sp³-hybridized carbons (Fsp3) is 0.375. The summed E-state index contributed by atoms with van der Waals surface area (Å²) in [5.74, 6) is 0.918. The first-order valence-corrected chi connectivity index (χ1v) is 6.77. The predicted molar refractivity (Wildman–Crippen MR) is 74.4 cm³/mol. The number of methoxy groups -OCH3 is 1. The molecule has 0 fully saturated rings. The second-order valence-corrected chi connectivity index (χ2v) is 5.07. The Kier molecular flexibility index (Phi) is 3.30. The molecule has 1 heterocycles. The zero-order chi connectivity index (χ0) is 13.2. The van der Waals surface area contributed by atoms with Crippen LogP contribution in [0, 0.1) is 0 Å². The summed E-state index contributed by atoms with van der Waals surface area (Å²) in [5, 5.41) is 10.0. The van der Waals surface area contributed by atoms with E-state index in [1.165, 1.54) is 11.3 Å². The van der Waals surface area contributed by atoms with Crippen molar-refractivity contribution >= 4 is 0 Å². The average molecular weight is 257 g/mol. The van der Waals surface area contributed by atoms with Gasteiger partial charge in [-0.3, -0.25) is 0 Å². The van der Waals surface area contributed by atoms with Crippen LogP contribution in [0.5, 0.6) is 5.75 Å². The molecule has 3 rings (SSSR count). The summed E-state index contributed by atoms with van der Waals surface area (Å²) in [4.78, 5) is 0. The molecule has 100 valence electrons. The minimum absolute atomic E-state index is 0.289. The van der Waals surface area contributed by atoms with Crippen molar-refractivity contribution in [3.63, 3.8) is 0 Å². The van der Waals surface area contributed by atoms with Crippen LogP contribution in [0.3, 0.4) is 0 Å². The minimum atomic E-state index is -0.289. The van der Waals surface area contributed by atoms with Gasteiger partial charge in [0, 0.05) is 23.0 Å². The van der Waals surface area contributed by atoms with Gasteiger partial charge in [-0.05, 0) is 31.4 Å². The number of hydrogen-bond acceptors (Lipinski definition) is 2. The summed E-state index contributed by atoms with van der Waals surface area (Å²) in [7, 11) is 1.70. The maximum Gasteiger partial charge on any atom is 0.123 e. The van der Waals surface area contributed by atoms with Crippen molar-refractivity contribution in [1.29, 1.82) is 0 Å². The minimum Gasteiger partial charge on any atom is -0.496 e. The zero-order valence-electron chi connectivity index (χ0n) is 11.2. The van der Waals surface area contributed by atoms with E-state index in [2.05, 4.69) is 22.9 Å². The molecule has 1 atom stereocenters. The third kappa shape index (κ3) is 2.26. The standard InChI is InChI=1S/C16H19NO2/c1-19-16-8-3-2-5-12(16)11-17-10-9-13-14(17)6-4-7-15(13)18/h2-3,5,8-10,15,18H,4,6-7,11H2,1H3. The first kappa shape index (κ1) is 12.3. The average Bonchev–Trinajstić information content (AvgIpc) is 2.84. The molecule has 0 saturated carbocycles. The van der Waals surface area contributed by atoms with Crippen LogP contribution in [0.15, 0.2) is 36.5 Å². The molecule has 0 bridgehead atoms. The van der Waals surface area contributed by atoms with Crippen molar-refractivity contribution in [3.05, 3.63) is 53.3 Å². The lowest BCUT2D eigenvalue weighted by molar-refractivity contribution is 0.155. The highest BCUT2D eigenvalue weighted by atomic mass is 16.5. The second-order valence-electron chi connectivity index (χ2n) is 5.07. The summed E-state index contributed by atoms with van der Waals surface area (Å²) in [5.41, 5.74) is 3.54. The highest BCUT2D eigenvalue weighted by molar-refractivity contribution is 5.35. The number of aromatic nitrogens is 1. The van der Waals surface area contributed by atoms with Gasteiger partial charge in [0.2, 0.25) is 0 Å². The molecule has 1 unspecified atom stereocenters. The van der Waals surface area contributed by atoms with Crippen LogP contribution < -0.4 is 4.74 Å². The maximum atomic E-state index is 10.0. The van der Waals surface area contributed by atoms with E-state index in [1.54, 1.807) is 7.11 Å². The van der Waals surface area contributed by atoms with Gasteiger partial charge < -0.3 is 14.4 Å². The number of benzene rings is 1. The Labute approximate surface area is 113 Å². The number of aliphatic hydroxyl groups is 1. The molecule has 3 nitrogen and oxygen atoms in total. The van der Waals surface area contributed by atoms with Crippen molar-refractivity contribution in [1.82, 2.24) is 4.57 Å². The van der Waals surface area contributed by atoms with Crippen LogP contribution in [0.2, 0.25) is 0 Å². The van der Waals surface area contributed by atoms with E-state index >= 15 is 0 Å². The lowest BCUT2D eigenvalue weighted by atomic mass is 9.95. The van der Waals surface area contributed by atoms with Gasteiger partial charge in [-0.2, -0.15) is 0 Å². The second kappa shape index (κ2) is 5.10. The molecular weight excluding hydrogens is 238 g/mol. The van der Waals surface area contributed by atoms with Crippen LogP contribution in [-0.4, -0.2) is 16.8 Å². The summed E-state index contributed by atoms with van der Waals surface area (Å²) < 4.78 is 7.63. The molecule has 1 aromatic carbocycles. The Morgan fingerprint density at radius 2 is 2.16 bits per heavy atom. The molecule has 0 saturated heterocycles. The lowest BCUT2D eigenvalue weighted by Crippen LogP contribution is -2.12. The van der Waals surface area contributed by atoms with Gasteiger partial charge in [0.1, 0.15) is 5.75 Å². The monoisotopic (exact) mass is 257 g/mol. The molecule has 19 heavy (non-hydrogen) atoms. The van der Waals surface area contributed by atoms with Gasteiger partial charge in [-0.25, -0.2) is 0 Å². The first-order chi connectivity index (χ1) is 9.29. The van der Waals surface area contributed by atoms with Crippen molar-refractivity contribution in [3.8, 4) is 5.75 Å². The highest BCUT2D eigenvalue weighted by Gasteiger charge is 2.21. The van der Waals surface area contributed by atoms with E-state index < -0.39 is 0 Å². The number of para-hydroxylation sites is 1. The molecule has 1 aliphatic rings. The Hall–Kier alpha value is -1.74. The van der Waals surface area contributed by atoms with Crippen molar-refractivity contribution in [2.75, 3.05) is 7.11 Å². The Morgan fingerprint density at radius 1 is 1.32 bits per heavy atom. The van der Waals surface area contributed by atoms with E-state index in [4.69, 9.17) is 4.74 Å². The van der Waals surface area contributed by atoms with E-state index in [0.717, 1.165) is 37.1 Å². The van der Waals surface area contributed by atoms with E-state index in [9.17, 15) is 5.11 Å². The van der Waals surface area contributed by atoms with Gasteiger partial charge in [0.15, 0.2) is 0 Å². The number of nitrogens with zero attached hydrogens (tertiary/aromatic N) is 1. The lowest BCUT2D eigenvalue weighted by Gasteiger charge is -2.20. The van der Waals surface area contributed by atoms with Crippen LogP contribution in [0.25, 0.3) is 0 Å². The summed E-state index contributed by atoms with van der Waals surface area (Å²) in [6.07, 6.45) is 4.78. The summed E-state index contributed by atoms with van der Waals surface area (Å²) >= 11 is 0. The summed E-state index contributed by atoms with van der Waals surface area (Å²) in [6, 6.07) is 10.1. The van der Waals surface area contributed by atoms with Crippen molar-refractivity contribution in [2.24, 2.45) is 0 Å². The molecule has 3 heteroatoms. The third-order valence-electron chi connectivity index (χ3n) is 3.90. The van der Waals surface area contributed by atoms with Gasteiger partial charge in [0.05, 0.1) is 19.8 Å².